The summed E-state index contributed by atoms with van der Waals surface area (Å²) in [5, 5.41) is 8.41. The molecular formula is C4H7NO3S. The molecule has 0 bridgehead atoms. The van der Waals surface area contributed by atoms with E-state index in [0.29, 0.717) is 6.61 Å². The van der Waals surface area contributed by atoms with Gasteiger partial charge in [-0.15, -0.1) is 0 Å². The van der Waals surface area contributed by atoms with E-state index in [1.54, 1.807) is 6.92 Å². The van der Waals surface area contributed by atoms with Crippen molar-refractivity contribution in [1.29, 1.82) is 0 Å². The molecule has 0 unspecified atom stereocenters. The highest BCUT2D eigenvalue weighted by Gasteiger charge is 2.27. The van der Waals surface area contributed by atoms with Crippen molar-refractivity contribution in [2.75, 3.05) is 6.61 Å². The summed E-state index contributed by atoms with van der Waals surface area (Å²) in [4.78, 5) is 10.2. The minimum atomic E-state index is -0.940. The van der Waals surface area contributed by atoms with Gasteiger partial charge in [-0.1, -0.05) is 0 Å². The van der Waals surface area contributed by atoms with E-state index in [1.807, 2.05) is 0 Å². The summed E-state index contributed by atoms with van der Waals surface area (Å²) in [6, 6.07) is -0.0208. The summed E-state index contributed by atoms with van der Waals surface area (Å²) >= 11 is 0.892. The Bertz CT molecular complexity index is 129. The van der Waals surface area contributed by atoms with Crippen LogP contribution in [0.2, 0.25) is 0 Å². The standard InChI is InChI=1S/C4H7NO3S/c1-3-2-8-9-5(3)4(6)7/h3H,2H2,1H3,(H,6,7)/t3-/m0/s1. The first-order valence-electron chi connectivity index (χ1n) is 2.53. The highest BCUT2D eigenvalue weighted by Crippen LogP contribution is 2.23. The summed E-state index contributed by atoms with van der Waals surface area (Å²) in [6.45, 7) is 2.28. The van der Waals surface area contributed by atoms with Gasteiger partial charge in [-0.3, -0.25) is 4.18 Å². The molecule has 9 heavy (non-hydrogen) atoms. The highest BCUT2D eigenvalue weighted by molar-refractivity contribution is 7.93. The lowest BCUT2D eigenvalue weighted by Crippen LogP contribution is -2.28. The van der Waals surface area contributed by atoms with Gasteiger partial charge in [0.1, 0.15) is 12.2 Å². The average Bonchev–Trinajstić information content (AvgIpc) is 2.13. The third-order valence-electron chi connectivity index (χ3n) is 1.03. The first kappa shape index (κ1) is 6.70. The summed E-state index contributed by atoms with van der Waals surface area (Å²) in [5.41, 5.74) is 0. The maximum atomic E-state index is 10.2. The molecule has 0 radical (unpaired) electrons. The van der Waals surface area contributed by atoms with Gasteiger partial charge in [0.2, 0.25) is 0 Å². The molecule has 1 amide bonds. The van der Waals surface area contributed by atoms with Crippen LogP contribution in [-0.2, 0) is 4.18 Å². The number of hydrogen-bond acceptors (Lipinski definition) is 3. The largest absolute Gasteiger partial charge is 0.464 e. The monoisotopic (exact) mass is 149 g/mol. The van der Waals surface area contributed by atoms with Gasteiger partial charge in [-0.05, 0) is 6.92 Å². The van der Waals surface area contributed by atoms with Gasteiger partial charge in [-0.2, -0.15) is 0 Å². The maximum Gasteiger partial charge on any atom is 0.419 e. The second-order valence-corrected chi connectivity index (χ2v) is 2.59. The van der Waals surface area contributed by atoms with E-state index < -0.39 is 6.09 Å². The lowest BCUT2D eigenvalue weighted by atomic mass is 10.4. The van der Waals surface area contributed by atoms with Crippen LogP contribution in [0.4, 0.5) is 4.79 Å². The van der Waals surface area contributed by atoms with Crippen LogP contribution < -0.4 is 0 Å². The van der Waals surface area contributed by atoms with E-state index in [-0.39, 0.29) is 6.04 Å². The third kappa shape index (κ3) is 1.28. The van der Waals surface area contributed by atoms with Gasteiger partial charge in [-0.25, -0.2) is 9.10 Å². The van der Waals surface area contributed by atoms with Gasteiger partial charge in [0.15, 0.2) is 0 Å². The summed E-state index contributed by atoms with van der Waals surface area (Å²) in [6.07, 6.45) is -0.940. The summed E-state index contributed by atoms with van der Waals surface area (Å²) in [7, 11) is 0. The van der Waals surface area contributed by atoms with Crippen LogP contribution in [0.15, 0.2) is 0 Å². The zero-order chi connectivity index (χ0) is 6.85. The van der Waals surface area contributed by atoms with E-state index in [4.69, 9.17) is 9.29 Å². The first-order valence-corrected chi connectivity index (χ1v) is 3.23. The van der Waals surface area contributed by atoms with Crippen molar-refractivity contribution in [1.82, 2.24) is 4.31 Å². The molecule has 1 fully saturated rings. The SMILES string of the molecule is C[C@H]1COSN1C(=O)O. The lowest BCUT2D eigenvalue weighted by molar-refractivity contribution is 0.168. The quantitative estimate of drug-likeness (QED) is 0.411. The molecule has 0 aromatic rings. The van der Waals surface area contributed by atoms with Crippen LogP contribution >= 0.6 is 12.2 Å². The molecule has 0 saturated carbocycles. The smallest absolute Gasteiger partial charge is 0.419 e. The molecule has 0 spiro atoms. The Hall–Kier alpha value is -0.420. The van der Waals surface area contributed by atoms with Gasteiger partial charge < -0.3 is 5.11 Å². The van der Waals surface area contributed by atoms with E-state index in [2.05, 4.69) is 0 Å². The molecule has 1 saturated heterocycles. The second-order valence-electron chi connectivity index (χ2n) is 1.82. The average molecular weight is 149 g/mol. The first-order chi connectivity index (χ1) is 4.22. The lowest BCUT2D eigenvalue weighted by Gasteiger charge is -2.10. The molecule has 1 aliphatic heterocycles. The molecule has 0 aromatic heterocycles. The number of hydrogen-bond donors (Lipinski definition) is 1. The number of carbonyl (C=O) groups is 1. The Kier molecular flexibility index (Phi) is 1.82. The fraction of sp³-hybridized carbons (Fsp3) is 0.750. The van der Waals surface area contributed by atoms with Crippen molar-refractivity contribution in [3.8, 4) is 0 Å². The molecular weight excluding hydrogens is 142 g/mol. The maximum absolute atomic E-state index is 10.2. The van der Waals surface area contributed by atoms with Crippen LogP contribution in [0.1, 0.15) is 6.92 Å². The topological polar surface area (TPSA) is 49.8 Å². The van der Waals surface area contributed by atoms with Gasteiger partial charge in [0.25, 0.3) is 0 Å². The molecule has 5 heteroatoms. The van der Waals surface area contributed by atoms with E-state index >= 15 is 0 Å². The fourth-order valence-electron chi connectivity index (χ4n) is 0.547. The minimum absolute atomic E-state index is 0.0208. The molecule has 0 aromatic carbocycles. The summed E-state index contributed by atoms with van der Waals surface area (Å²) in [5.74, 6) is 0. The van der Waals surface area contributed by atoms with Crippen molar-refractivity contribution in [3.63, 3.8) is 0 Å². The predicted molar refractivity (Wildman–Crippen MR) is 32.9 cm³/mol. The Balaban J connectivity index is 2.49. The van der Waals surface area contributed by atoms with Crippen molar-refractivity contribution < 1.29 is 14.1 Å². The van der Waals surface area contributed by atoms with E-state index in [1.165, 1.54) is 4.31 Å². The Morgan fingerprint density at radius 1 is 2.00 bits per heavy atom. The van der Waals surface area contributed by atoms with Crippen molar-refractivity contribution >= 4 is 18.3 Å². The molecule has 1 rings (SSSR count). The number of carboxylic acid groups (broad SMARTS) is 1. The highest BCUT2D eigenvalue weighted by atomic mass is 32.2. The van der Waals surface area contributed by atoms with Crippen molar-refractivity contribution in [3.05, 3.63) is 0 Å². The van der Waals surface area contributed by atoms with E-state index in [9.17, 15) is 4.79 Å². The van der Waals surface area contributed by atoms with Crippen molar-refractivity contribution in [2.24, 2.45) is 0 Å². The van der Waals surface area contributed by atoms with Crippen LogP contribution in [0.3, 0.4) is 0 Å². The Morgan fingerprint density at radius 2 is 2.67 bits per heavy atom. The van der Waals surface area contributed by atoms with Crippen molar-refractivity contribution in [2.45, 2.75) is 13.0 Å². The van der Waals surface area contributed by atoms with Gasteiger partial charge in [0, 0.05) is 0 Å². The normalized spacial score (nSPS) is 26.8. The molecule has 1 aliphatic rings. The fourth-order valence-corrected chi connectivity index (χ4v) is 1.19. The van der Waals surface area contributed by atoms with Crippen LogP contribution in [-0.4, -0.2) is 28.2 Å². The Labute approximate surface area is 57.1 Å². The van der Waals surface area contributed by atoms with E-state index in [0.717, 1.165) is 12.2 Å². The van der Waals surface area contributed by atoms with Gasteiger partial charge >= 0.3 is 6.09 Å². The molecule has 1 N–H and O–H groups in total. The predicted octanol–water partition coefficient (Wildman–Crippen LogP) is 0.948. The van der Waals surface area contributed by atoms with Crippen LogP contribution in [0.5, 0.6) is 0 Å². The zero-order valence-corrected chi connectivity index (χ0v) is 5.72. The molecule has 1 heterocycles. The Morgan fingerprint density at radius 3 is 2.89 bits per heavy atom. The second kappa shape index (κ2) is 2.45. The number of rotatable bonds is 0. The minimum Gasteiger partial charge on any atom is -0.464 e. The van der Waals surface area contributed by atoms with Crippen LogP contribution in [0.25, 0.3) is 0 Å². The molecule has 1 atom stereocenters. The third-order valence-corrected chi connectivity index (χ3v) is 1.95. The molecule has 52 valence electrons. The molecule has 4 nitrogen and oxygen atoms in total. The number of amides is 1. The molecule has 0 aliphatic carbocycles. The van der Waals surface area contributed by atoms with Gasteiger partial charge in [0.05, 0.1) is 12.6 Å². The zero-order valence-electron chi connectivity index (χ0n) is 4.90. The summed E-state index contributed by atoms with van der Waals surface area (Å²) < 4.78 is 5.97. The number of nitrogens with zero attached hydrogens (tertiary/aromatic N) is 1. The van der Waals surface area contributed by atoms with Crippen LogP contribution in [0, 0.1) is 0 Å².